The highest BCUT2D eigenvalue weighted by molar-refractivity contribution is 4.48. The summed E-state index contributed by atoms with van der Waals surface area (Å²) in [6, 6.07) is 0. The van der Waals surface area contributed by atoms with Crippen molar-refractivity contribution in [3.63, 3.8) is 0 Å². The highest BCUT2D eigenvalue weighted by Gasteiger charge is 2.04. The molecule has 0 rings (SSSR count). The van der Waals surface area contributed by atoms with Gasteiger partial charge in [0.15, 0.2) is 0 Å². The largest absolute Gasteiger partial charge is 0.502 e. The van der Waals surface area contributed by atoms with Crippen molar-refractivity contribution in [2.24, 2.45) is 0 Å². The van der Waals surface area contributed by atoms with Crippen LogP contribution in [-0.2, 0) is 4.74 Å². The van der Waals surface area contributed by atoms with Crippen LogP contribution in [0, 0.1) is 0 Å². The molecule has 0 aromatic carbocycles. The molecular formula is C8H18NO+. The van der Waals surface area contributed by atoms with Crippen LogP contribution in [0.15, 0.2) is 12.8 Å². The second-order valence-corrected chi connectivity index (χ2v) is 3.40. The van der Waals surface area contributed by atoms with E-state index in [1.807, 2.05) is 0 Å². The van der Waals surface area contributed by atoms with Gasteiger partial charge in [0.2, 0.25) is 0 Å². The summed E-state index contributed by atoms with van der Waals surface area (Å²) in [5.74, 6) is 0. The average molecular weight is 144 g/mol. The maximum Gasteiger partial charge on any atom is 0.0926 e. The van der Waals surface area contributed by atoms with E-state index in [0.29, 0.717) is 0 Å². The van der Waals surface area contributed by atoms with Gasteiger partial charge in [-0.05, 0) is 0 Å². The first-order valence-electron chi connectivity index (χ1n) is 3.59. The van der Waals surface area contributed by atoms with Gasteiger partial charge >= 0.3 is 0 Å². The first-order valence-corrected chi connectivity index (χ1v) is 3.59. The van der Waals surface area contributed by atoms with Crippen molar-refractivity contribution >= 4 is 0 Å². The van der Waals surface area contributed by atoms with E-state index in [2.05, 4.69) is 27.7 Å². The molecule has 0 spiro atoms. The number of hydrogen-bond donors (Lipinski definition) is 0. The third-order valence-electron chi connectivity index (χ3n) is 1.21. The van der Waals surface area contributed by atoms with Gasteiger partial charge in [-0.2, -0.15) is 0 Å². The lowest BCUT2D eigenvalue weighted by molar-refractivity contribution is -0.870. The Morgan fingerprint density at radius 1 is 1.40 bits per heavy atom. The molecule has 2 nitrogen and oxygen atoms in total. The Morgan fingerprint density at radius 2 is 2.00 bits per heavy atom. The van der Waals surface area contributed by atoms with Crippen LogP contribution in [-0.4, -0.2) is 38.8 Å². The van der Waals surface area contributed by atoms with Gasteiger partial charge in [-0.3, -0.25) is 0 Å². The summed E-state index contributed by atoms with van der Waals surface area (Å²) in [7, 11) is 6.52. The van der Waals surface area contributed by atoms with Crippen molar-refractivity contribution in [1.29, 1.82) is 0 Å². The van der Waals surface area contributed by atoms with Crippen LogP contribution < -0.4 is 0 Å². The van der Waals surface area contributed by atoms with Crippen molar-refractivity contribution < 1.29 is 9.22 Å². The maximum atomic E-state index is 4.98. The third kappa shape index (κ3) is 7.50. The summed E-state index contributed by atoms with van der Waals surface area (Å²) in [5.41, 5.74) is 0. The molecule has 0 saturated carbocycles. The summed E-state index contributed by atoms with van der Waals surface area (Å²) in [6.07, 6.45) is 2.59. The Labute approximate surface area is 63.7 Å². The molecule has 0 fully saturated rings. The Morgan fingerprint density at radius 3 is 2.40 bits per heavy atom. The van der Waals surface area contributed by atoms with Gasteiger partial charge in [0, 0.05) is 6.42 Å². The molecule has 0 bridgehead atoms. The molecule has 0 aliphatic rings. The summed E-state index contributed by atoms with van der Waals surface area (Å²) in [4.78, 5) is 0. The van der Waals surface area contributed by atoms with Crippen LogP contribution >= 0.6 is 0 Å². The second-order valence-electron chi connectivity index (χ2n) is 3.40. The number of hydrogen-bond acceptors (Lipinski definition) is 1. The van der Waals surface area contributed by atoms with E-state index in [4.69, 9.17) is 4.74 Å². The highest BCUT2D eigenvalue weighted by Crippen LogP contribution is 1.93. The molecule has 0 heterocycles. The Hall–Kier alpha value is -0.500. The van der Waals surface area contributed by atoms with Crippen LogP contribution in [0.2, 0.25) is 0 Å². The molecule has 10 heavy (non-hydrogen) atoms. The fraction of sp³-hybridized carbons (Fsp3) is 0.750. The van der Waals surface area contributed by atoms with E-state index in [0.717, 1.165) is 24.1 Å². The zero-order valence-electron chi connectivity index (χ0n) is 7.26. The number of rotatable bonds is 5. The van der Waals surface area contributed by atoms with Gasteiger partial charge in [0.25, 0.3) is 0 Å². The number of nitrogens with zero attached hydrogens (tertiary/aromatic N) is 1. The number of quaternary nitrogens is 1. The lowest BCUT2D eigenvalue weighted by Gasteiger charge is -2.23. The molecule has 0 radical (unpaired) electrons. The molecule has 2 heteroatoms. The Balaban J connectivity index is 3.12. The van der Waals surface area contributed by atoms with Crippen LogP contribution in [0.5, 0.6) is 0 Å². The zero-order valence-corrected chi connectivity index (χ0v) is 7.26. The predicted octanol–water partition coefficient (Wildman–Crippen LogP) is 1.24. The van der Waals surface area contributed by atoms with Gasteiger partial charge in [0.1, 0.15) is 0 Å². The van der Waals surface area contributed by atoms with Crippen molar-refractivity contribution in [2.75, 3.05) is 34.3 Å². The summed E-state index contributed by atoms with van der Waals surface area (Å²) < 4.78 is 5.98. The molecular weight excluding hydrogens is 126 g/mol. The lowest BCUT2D eigenvalue weighted by atomic mass is 10.4. The highest BCUT2D eigenvalue weighted by atomic mass is 16.5. The minimum absolute atomic E-state index is 0.791. The van der Waals surface area contributed by atoms with E-state index in [1.165, 1.54) is 6.26 Å². The standard InChI is InChI=1S/C8H18NO/c1-5-10-8-6-7-9(2,3)4/h5H,1,6-8H2,2-4H3/q+1. The van der Waals surface area contributed by atoms with Crippen LogP contribution in [0.3, 0.4) is 0 Å². The van der Waals surface area contributed by atoms with Gasteiger partial charge in [-0.15, -0.1) is 0 Å². The Bertz CT molecular complexity index is 93.9. The molecule has 0 aromatic rings. The van der Waals surface area contributed by atoms with Gasteiger partial charge < -0.3 is 9.22 Å². The van der Waals surface area contributed by atoms with Crippen molar-refractivity contribution in [3.8, 4) is 0 Å². The molecule has 0 amide bonds. The fourth-order valence-corrected chi connectivity index (χ4v) is 0.706. The van der Waals surface area contributed by atoms with Crippen LogP contribution in [0.4, 0.5) is 0 Å². The summed E-state index contributed by atoms with van der Waals surface area (Å²) in [6.45, 7) is 5.40. The van der Waals surface area contributed by atoms with Gasteiger partial charge in [0.05, 0.1) is 40.6 Å². The second kappa shape index (κ2) is 4.34. The van der Waals surface area contributed by atoms with Crippen LogP contribution in [0.25, 0.3) is 0 Å². The van der Waals surface area contributed by atoms with E-state index >= 15 is 0 Å². The van der Waals surface area contributed by atoms with E-state index in [1.54, 1.807) is 0 Å². The molecule has 0 aromatic heterocycles. The van der Waals surface area contributed by atoms with E-state index in [9.17, 15) is 0 Å². The summed E-state index contributed by atoms with van der Waals surface area (Å²) >= 11 is 0. The van der Waals surface area contributed by atoms with Gasteiger partial charge in [-0.25, -0.2) is 0 Å². The van der Waals surface area contributed by atoms with Crippen LogP contribution in [0.1, 0.15) is 6.42 Å². The quantitative estimate of drug-likeness (QED) is 0.320. The van der Waals surface area contributed by atoms with E-state index < -0.39 is 0 Å². The van der Waals surface area contributed by atoms with Crippen molar-refractivity contribution in [3.05, 3.63) is 12.8 Å². The smallest absolute Gasteiger partial charge is 0.0926 e. The molecule has 0 aliphatic carbocycles. The van der Waals surface area contributed by atoms with E-state index in [-0.39, 0.29) is 0 Å². The molecule has 0 saturated heterocycles. The Kier molecular flexibility index (Phi) is 4.12. The van der Waals surface area contributed by atoms with Gasteiger partial charge in [-0.1, -0.05) is 6.58 Å². The predicted molar refractivity (Wildman–Crippen MR) is 43.7 cm³/mol. The molecule has 60 valence electrons. The molecule has 0 N–H and O–H groups in total. The third-order valence-corrected chi connectivity index (χ3v) is 1.21. The molecule has 0 unspecified atom stereocenters. The molecule has 0 atom stereocenters. The fourth-order valence-electron chi connectivity index (χ4n) is 0.706. The minimum Gasteiger partial charge on any atom is -0.502 e. The average Bonchev–Trinajstić information content (AvgIpc) is 1.78. The first-order chi connectivity index (χ1) is 4.56. The topological polar surface area (TPSA) is 9.23 Å². The maximum absolute atomic E-state index is 4.98. The normalized spacial score (nSPS) is 11.1. The zero-order chi connectivity index (χ0) is 8.04. The SMILES string of the molecule is C=COCCC[N+](C)(C)C. The lowest BCUT2D eigenvalue weighted by Crippen LogP contribution is -2.35. The first kappa shape index (κ1) is 9.50. The minimum atomic E-state index is 0.791. The number of ether oxygens (including phenoxy) is 1. The monoisotopic (exact) mass is 144 g/mol. The summed E-state index contributed by atoms with van der Waals surface area (Å²) in [5, 5.41) is 0. The van der Waals surface area contributed by atoms with Crippen molar-refractivity contribution in [2.45, 2.75) is 6.42 Å². The molecule has 0 aliphatic heterocycles. The van der Waals surface area contributed by atoms with Crippen molar-refractivity contribution in [1.82, 2.24) is 0 Å².